The molecule has 0 aliphatic rings. The number of amides is 2. The number of anilines is 1. The lowest BCUT2D eigenvalue weighted by atomic mass is 10.2. The lowest BCUT2D eigenvalue weighted by Crippen LogP contribution is -2.29. The zero-order chi connectivity index (χ0) is 15.7. The van der Waals surface area contributed by atoms with E-state index in [-0.39, 0.29) is 5.69 Å². The van der Waals surface area contributed by atoms with Gasteiger partial charge in [-0.3, -0.25) is 0 Å². The fraction of sp³-hybridized carbons (Fsp3) is 0.429. The lowest BCUT2D eigenvalue weighted by molar-refractivity contribution is 0.0692. The van der Waals surface area contributed by atoms with Gasteiger partial charge in [-0.05, 0) is 43.0 Å². The molecule has 0 aromatic heterocycles. The minimum atomic E-state index is -1.37. The Kier molecular flexibility index (Phi) is 7.60. The number of aromatic carboxylic acids is 1. The molecule has 0 radical (unpaired) electrons. The van der Waals surface area contributed by atoms with E-state index in [9.17, 15) is 14.0 Å². The van der Waals surface area contributed by atoms with Gasteiger partial charge in [-0.25, -0.2) is 14.0 Å². The molecular weight excluding hydrogens is 295 g/mol. The van der Waals surface area contributed by atoms with Gasteiger partial charge in [-0.2, -0.15) is 11.8 Å². The molecule has 7 heteroatoms. The molecule has 0 unspecified atom stereocenters. The Hall–Kier alpha value is -1.76. The number of nitrogens with one attached hydrogen (secondary N) is 2. The van der Waals surface area contributed by atoms with Crippen molar-refractivity contribution in [3.63, 3.8) is 0 Å². The summed E-state index contributed by atoms with van der Waals surface area (Å²) in [7, 11) is 0. The Balaban J connectivity index is 2.38. The lowest BCUT2D eigenvalue weighted by Gasteiger charge is -2.08. The Morgan fingerprint density at radius 1 is 1.29 bits per heavy atom. The number of carboxylic acids is 1. The molecule has 0 saturated carbocycles. The number of hydrogen-bond acceptors (Lipinski definition) is 3. The largest absolute Gasteiger partial charge is 0.478 e. The monoisotopic (exact) mass is 314 g/mol. The summed E-state index contributed by atoms with van der Waals surface area (Å²) in [5.41, 5.74) is -0.224. The molecule has 0 saturated heterocycles. The molecule has 3 N–H and O–H groups in total. The Morgan fingerprint density at radius 3 is 2.71 bits per heavy atom. The molecule has 0 spiro atoms. The molecule has 116 valence electrons. The third-order valence-corrected chi connectivity index (χ3v) is 3.46. The van der Waals surface area contributed by atoms with Crippen molar-refractivity contribution in [1.82, 2.24) is 5.32 Å². The molecule has 0 aliphatic carbocycles. The van der Waals surface area contributed by atoms with E-state index in [4.69, 9.17) is 5.11 Å². The van der Waals surface area contributed by atoms with Gasteiger partial charge in [0, 0.05) is 12.2 Å². The standard InChI is InChI=1S/C14H19FN2O3S/c1-21-8-4-2-3-7-16-14(20)17-10-5-6-12(15)11(9-10)13(18)19/h5-6,9H,2-4,7-8H2,1H3,(H,18,19)(H2,16,17,20). The van der Waals surface area contributed by atoms with Crippen molar-refractivity contribution < 1.29 is 19.1 Å². The van der Waals surface area contributed by atoms with Crippen molar-refractivity contribution in [2.24, 2.45) is 0 Å². The minimum Gasteiger partial charge on any atom is -0.478 e. The molecule has 0 fully saturated rings. The number of hydrogen-bond donors (Lipinski definition) is 3. The van der Waals surface area contributed by atoms with Gasteiger partial charge >= 0.3 is 12.0 Å². The van der Waals surface area contributed by atoms with Crippen molar-refractivity contribution in [3.05, 3.63) is 29.6 Å². The molecule has 0 bridgehead atoms. The molecule has 0 aliphatic heterocycles. The van der Waals surface area contributed by atoms with Gasteiger partial charge in [0.2, 0.25) is 0 Å². The summed E-state index contributed by atoms with van der Waals surface area (Å²) in [6.45, 7) is 0.549. The van der Waals surface area contributed by atoms with E-state index in [1.807, 2.05) is 0 Å². The van der Waals surface area contributed by atoms with E-state index in [1.165, 1.54) is 6.07 Å². The van der Waals surface area contributed by atoms with Crippen LogP contribution >= 0.6 is 11.8 Å². The van der Waals surface area contributed by atoms with E-state index in [1.54, 1.807) is 11.8 Å². The Morgan fingerprint density at radius 2 is 2.05 bits per heavy atom. The summed E-state index contributed by atoms with van der Waals surface area (Å²) in [5, 5.41) is 14.0. The topological polar surface area (TPSA) is 78.4 Å². The summed E-state index contributed by atoms with van der Waals surface area (Å²) in [6.07, 6.45) is 5.10. The van der Waals surface area contributed by atoms with E-state index in [2.05, 4.69) is 16.9 Å². The first-order chi connectivity index (χ1) is 10.0. The van der Waals surface area contributed by atoms with E-state index < -0.39 is 23.4 Å². The maximum absolute atomic E-state index is 13.2. The van der Waals surface area contributed by atoms with Gasteiger partial charge in [0.05, 0.1) is 5.56 Å². The predicted molar refractivity (Wildman–Crippen MR) is 82.6 cm³/mol. The maximum Gasteiger partial charge on any atom is 0.338 e. The van der Waals surface area contributed by atoms with E-state index in [0.29, 0.717) is 6.54 Å². The highest BCUT2D eigenvalue weighted by Gasteiger charge is 2.11. The molecule has 0 heterocycles. The molecule has 0 atom stereocenters. The number of urea groups is 1. The van der Waals surface area contributed by atoms with Crippen LogP contribution in [-0.2, 0) is 0 Å². The number of unbranched alkanes of at least 4 members (excludes halogenated alkanes) is 2. The normalized spacial score (nSPS) is 10.2. The second-order valence-electron chi connectivity index (χ2n) is 4.43. The molecule has 1 rings (SSSR count). The number of benzene rings is 1. The van der Waals surface area contributed by atoms with Gasteiger partial charge in [-0.1, -0.05) is 6.42 Å². The average molecular weight is 314 g/mol. The van der Waals surface area contributed by atoms with E-state index in [0.717, 1.165) is 37.1 Å². The molecule has 1 aromatic rings. The fourth-order valence-corrected chi connectivity index (χ4v) is 2.19. The van der Waals surface area contributed by atoms with Gasteiger partial charge in [-0.15, -0.1) is 0 Å². The summed E-state index contributed by atoms with van der Waals surface area (Å²) in [4.78, 5) is 22.4. The number of carboxylic acid groups (broad SMARTS) is 1. The Labute approximate surface area is 127 Å². The first kappa shape index (κ1) is 17.3. The number of halogens is 1. The zero-order valence-electron chi connectivity index (χ0n) is 11.8. The second-order valence-corrected chi connectivity index (χ2v) is 5.42. The second kappa shape index (κ2) is 9.23. The zero-order valence-corrected chi connectivity index (χ0v) is 12.6. The van der Waals surface area contributed by atoms with Gasteiger partial charge in [0.25, 0.3) is 0 Å². The van der Waals surface area contributed by atoms with Crippen molar-refractivity contribution in [1.29, 1.82) is 0 Å². The Bertz CT molecular complexity index is 497. The van der Waals surface area contributed by atoms with Crippen LogP contribution < -0.4 is 10.6 Å². The first-order valence-corrected chi connectivity index (χ1v) is 8.00. The van der Waals surface area contributed by atoms with Crippen LogP contribution in [0.5, 0.6) is 0 Å². The van der Waals surface area contributed by atoms with Crippen LogP contribution in [0.25, 0.3) is 0 Å². The SMILES string of the molecule is CSCCCCCNC(=O)Nc1ccc(F)c(C(=O)O)c1. The number of carbonyl (C=O) groups excluding carboxylic acids is 1. The third-order valence-electron chi connectivity index (χ3n) is 2.77. The predicted octanol–water partition coefficient (Wildman–Crippen LogP) is 3.18. The van der Waals surface area contributed by atoms with Crippen LogP contribution in [0.3, 0.4) is 0 Å². The molecule has 2 amide bonds. The van der Waals surface area contributed by atoms with E-state index >= 15 is 0 Å². The maximum atomic E-state index is 13.2. The average Bonchev–Trinajstić information content (AvgIpc) is 2.44. The van der Waals surface area contributed by atoms with Crippen LogP contribution in [0.15, 0.2) is 18.2 Å². The minimum absolute atomic E-state index is 0.244. The molecule has 21 heavy (non-hydrogen) atoms. The number of carbonyl (C=O) groups is 2. The van der Waals surface area contributed by atoms with Crippen molar-refractivity contribution in [2.45, 2.75) is 19.3 Å². The van der Waals surface area contributed by atoms with Crippen molar-refractivity contribution in [2.75, 3.05) is 23.9 Å². The molecule has 1 aromatic carbocycles. The molecule has 5 nitrogen and oxygen atoms in total. The van der Waals surface area contributed by atoms with Crippen LogP contribution in [0.1, 0.15) is 29.6 Å². The summed E-state index contributed by atoms with van der Waals surface area (Å²) >= 11 is 1.79. The first-order valence-electron chi connectivity index (χ1n) is 6.61. The van der Waals surface area contributed by atoms with Gasteiger partial charge in [0.1, 0.15) is 5.82 Å². The summed E-state index contributed by atoms with van der Waals surface area (Å²) in [6, 6.07) is 3.00. The number of rotatable bonds is 8. The van der Waals surface area contributed by atoms with Gasteiger partial charge in [0.15, 0.2) is 0 Å². The quantitative estimate of drug-likeness (QED) is 0.644. The molecular formula is C14H19FN2O3S. The van der Waals surface area contributed by atoms with Gasteiger partial charge < -0.3 is 15.7 Å². The van der Waals surface area contributed by atoms with Crippen molar-refractivity contribution in [3.8, 4) is 0 Å². The fourth-order valence-electron chi connectivity index (χ4n) is 1.69. The van der Waals surface area contributed by atoms with Crippen molar-refractivity contribution >= 4 is 29.4 Å². The number of thioether (sulfide) groups is 1. The summed E-state index contributed by atoms with van der Waals surface area (Å²) in [5.74, 6) is -1.09. The van der Waals surface area contributed by atoms with Crippen LogP contribution in [-0.4, -0.2) is 35.7 Å². The highest BCUT2D eigenvalue weighted by Crippen LogP contribution is 2.14. The highest BCUT2D eigenvalue weighted by atomic mass is 32.2. The third kappa shape index (κ3) is 6.48. The van der Waals surface area contributed by atoms with Crippen LogP contribution in [0.4, 0.5) is 14.9 Å². The smallest absolute Gasteiger partial charge is 0.338 e. The highest BCUT2D eigenvalue weighted by molar-refractivity contribution is 7.98. The summed E-state index contributed by atoms with van der Waals surface area (Å²) < 4.78 is 13.2. The van der Waals surface area contributed by atoms with Crippen LogP contribution in [0.2, 0.25) is 0 Å². The van der Waals surface area contributed by atoms with Crippen LogP contribution in [0, 0.1) is 5.82 Å².